The molecule has 0 unspecified atom stereocenters. The minimum Gasteiger partial charge on any atom is -0.384 e. The molecule has 0 heterocycles. The number of carbonyl (C=O) groups excluding carboxylic acids is 1. The zero-order valence-electron chi connectivity index (χ0n) is 11.2. The molecule has 0 aromatic heterocycles. The molecule has 0 aliphatic heterocycles. The number of aliphatic hydroxyl groups is 1. The Morgan fingerprint density at radius 1 is 1.47 bits per heavy atom. The van der Waals surface area contributed by atoms with Crippen LogP contribution in [0.15, 0.2) is 24.3 Å². The lowest BCUT2D eigenvalue weighted by molar-refractivity contribution is 0.0757. The highest BCUT2D eigenvalue weighted by atomic mass is 16.2. The van der Waals surface area contributed by atoms with Crippen molar-refractivity contribution in [1.29, 1.82) is 0 Å². The number of benzene rings is 1. The van der Waals surface area contributed by atoms with Crippen LogP contribution in [0.5, 0.6) is 0 Å². The summed E-state index contributed by atoms with van der Waals surface area (Å²) in [5, 5.41) is 8.69. The smallest absolute Gasteiger partial charge is 0.253 e. The largest absolute Gasteiger partial charge is 0.384 e. The van der Waals surface area contributed by atoms with Gasteiger partial charge in [-0.15, -0.1) is 0 Å². The Morgan fingerprint density at radius 2 is 2.26 bits per heavy atom. The van der Waals surface area contributed by atoms with E-state index in [0.29, 0.717) is 11.5 Å². The van der Waals surface area contributed by atoms with Gasteiger partial charge in [0, 0.05) is 24.2 Å². The first-order chi connectivity index (χ1) is 9.24. The number of hydrogen-bond acceptors (Lipinski definition) is 2. The number of amides is 1. The second-order valence-corrected chi connectivity index (χ2v) is 4.83. The summed E-state index contributed by atoms with van der Waals surface area (Å²) in [4.78, 5) is 14.3. The molecule has 0 radical (unpaired) electrons. The molecule has 100 valence electrons. The second kappa shape index (κ2) is 6.40. The van der Waals surface area contributed by atoms with Crippen LogP contribution in [0.25, 0.3) is 0 Å². The van der Waals surface area contributed by atoms with E-state index in [9.17, 15) is 4.79 Å². The first-order valence-electron chi connectivity index (χ1n) is 6.73. The summed E-state index contributed by atoms with van der Waals surface area (Å²) >= 11 is 0. The maximum Gasteiger partial charge on any atom is 0.253 e. The molecule has 1 aromatic rings. The van der Waals surface area contributed by atoms with Crippen LogP contribution in [-0.2, 0) is 0 Å². The zero-order chi connectivity index (χ0) is 13.7. The molecular weight excluding hydrogens is 238 g/mol. The van der Waals surface area contributed by atoms with Gasteiger partial charge in [-0.1, -0.05) is 17.9 Å². The fourth-order valence-corrected chi connectivity index (χ4v) is 2.02. The van der Waals surface area contributed by atoms with Gasteiger partial charge in [-0.3, -0.25) is 4.79 Å². The average Bonchev–Trinajstić information content (AvgIpc) is 3.26. The maximum absolute atomic E-state index is 12.4. The molecule has 0 spiro atoms. The summed E-state index contributed by atoms with van der Waals surface area (Å²) in [5.74, 6) is 6.19. The minimum atomic E-state index is -0.166. The van der Waals surface area contributed by atoms with Gasteiger partial charge in [0.05, 0.1) is 0 Å². The number of nitrogens with zero attached hydrogens (tertiary/aromatic N) is 1. The Labute approximate surface area is 114 Å². The van der Waals surface area contributed by atoms with Crippen molar-refractivity contribution in [3.63, 3.8) is 0 Å². The number of carbonyl (C=O) groups is 1. The van der Waals surface area contributed by atoms with E-state index in [2.05, 4.69) is 11.8 Å². The molecule has 19 heavy (non-hydrogen) atoms. The highest BCUT2D eigenvalue weighted by Crippen LogP contribution is 2.30. The third-order valence-electron chi connectivity index (χ3n) is 3.27. The number of hydrogen-bond donors (Lipinski definition) is 1. The second-order valence-electron chi connectivity index (χ2n) is 4.83. The van der Waals surface area contributed by atoms with Crippen LogP contribution in [-0.4, -0.2) is 35.6 Å². The lowest BCUT2D eigenvalue weighted by Crippen LogP contribution is -2.32. The monoisotopic (exact) mass is 257 g/mol. The molecule has 0 saturated heterocycles. The van der Waals surface area contributed by atoms with E-state index < -0.39 is 0 Å². The van der Waals surface area contributed by atoms with E-state index in [-0.39, 0.29) is 12.5 Å². The Kier molecular flexibility index (Phi) is 4.59. The molecule has 1 fully saturated rings. The third kappa shape index (κ3) is 3.84. The van der Waals surface area contributed by atoms with Gasteiger partial charge in [0.15, 0.2) is 0 Å². The summed E-state index contributed by atoms with van der Waals surface area (Å²) < 4.78 is 0. The van der Waals surface area contributed by atoms with Crippen LogP contribution < -0.4 is 0 Å². The fraction of sp³-hybridized carbons (Fsp3) is 0.438. The van der Waals surface area contributed by atoms with Crippen molar-refractivity contribution < 1.29 is 9.90 Å². The average molecular weight is 257 g/mol. The molecule has 1 N–H and O–H groups in total. The van der Waals surface area contributed by atoms with Crippen molar-refractivity contribution in [3.05, 3.63) is 35.4 Å². The van der Waals surface area contributed by atoms with E-state index in [1.807, 2.05) is 30.0 Å². The van der Waals surface area contributed by atoms with Gasteiger partial charge >= 0.3 is 0 Å². The molecule has 3 heteroatoms. The van der Waals surface area contributed by atoms with Gasteiger partial charge in [-0.25, -0.2) is 0 Å². The summed E-state index contributed by atoms with van der Waals surface area (Å²) in [6, 6.07) is 7.29. The van der Waals surface area contributed by atoms with Crippen molar-refractivity contribution in [2.45, 2.75) is 19.8 Å². The van der Waals surface area contributed by atoms with Gasteiger partial charge in [-0.2, -0.15) is 0 Å². The van der Waals surface area contributed by atoms with E-state index in [0.717, 1.165) is 18.7 Å². The number of aliphatic hydroxyl groups excluding tert-OH is 1. The Balaban J connectivity index is 2.12. The molecule has 1 amide bonds. The SMILES string of the molecule is CCN(CC1CC1)C(=O)c1cccc(C#CCO)c1. The molecular formula is C16H19NO2. The molecule has 1 aliphatic rings. The minimum absolute atomic E-state index is 0.0713. The van der Waals surface area contributed by atoms with Crippen LogP contribution in [0.3, 0.4) is 0 Å². The highest BCUT2D eigenvalue weighted by Gasteiger charge is 2.26. The van der Waals surface area contributed by atoms with Gasteiger partial charge in [0.1, 0.15) is 6.61 Å². The molecule has 0 atom stereocenters. The van der Waals surface area contributed by atoms with Crippen molar-refractivity contribution in [3.8, 4) is 11.8 Å². The van der Waals surface area contributed by atoms with Crippen LogP contribution in [0.2, 0.25) is 0 Å². The van der Waals surface area contributed by atoms with Gasteiger partial charge in [0.25, 0.3) is 5.91 Å². The zero-order valence-corrected chi connectivity index (χ0v) is 11.2. The lowest BCUT2D eigenvalue weighted by Gasteiger charge is -2.20. The van der Waals surface area contributed by atoms with E-state index in [4.69, 9.17) is 5.11 Å². The maximum atomic E-state index is 12.4. The summed E-state index contributed by atoms with van der Waals surface area (Å²) in [7, 11) is 0. The first-order valence-corrected chi connectivity index (χ1v) is 6.73. The molecule has 0 bridgehead atoms. The van der Waals surface area contributed by atoms with Gasteiger partial charge in [0.2, 0.25) is 0 Å². The first kappa shape index (κ1) is 13.6. The Hall–Kier alpha value is -1.79. The van der Waals surface area contributed by atoms with Crippen molar-refractivity contribution in [2.24, 2.45) is 5.92 Å². The molecule has 1 saturated carbocycles. The highest BCUT2D eigenvalue weighted by molar-refractivity contribution is 5.94. The predicted molar refractivity (Wildman–Crippen MR) is 74.7 cm³/mol. The standard InChI is InChI=1S/C16H19NO2/c1-2-17(12-14-8-9-14)16(19)15-7-3-5-13(11-15)6-4-10-18/h3,5,7,11,14,18H,2,8-10,12H2,1H3. The summed E-state index contributed by atoms with van der Waals surface area (Å²) in [6.07, 6.45) is 2.48. The Bertz CT molecular complexity index is 509. The van der Waals surface area contributed by atoms with Crippen LogP contribution in [0.1, 0.15) is 35.7 Å². The quantitative estimate of drug-likeness (QED) is 0.837. The van der Waals surface area contributed by atoms with Gasteiger partial charge < -0.3 is 10.0 Å². The molecule has 1 aromatic carbocycles. The fourth-order valence-electron chi connectivity index (χ4n) is 2.02. The normalized spacial score (nSPS) is 13.6. The van der Waals surface area contributed by atoms with Crippen LogP contribution in [0.4, 0.5) is 0 Å². The summed E-state index contributed by atoms with van der Waals surface area (Å²) in [6.45, 7) is 3.44. The van der Waals surface area contributed by atoms with E-state index in [1.165, 1.54) is 12.8 Å². The van der Waals surface area contributed by atoms with Crippen LogP contribution in [0, 0.1) is 17.8 Å². The number of rotatable bonds is 4. The molecule has 1 aliphatic carbocycles. The van der Waals surface area contributed by atoms with E-state index >= 15 is 0 Å². The van der Waals surface area contributed by atoms with Crippen molar-refractivity contribution in [2.75, 3.05) is 19.7 Å². The predicted octanol–water partition coefficient (Wildman–Crippen LogP) is 1.90. The molecule has 3 nitrogen and oxygen atoms in total. The van der Waals surface area contributed by atoms with Crippen molar-refractivity contribution >= 4 is 5.91 Å². The Morgan fingerprint density at radius 3 is 2.89 bits per heavy atom. The molecule has 2 rings (SSSR count). The summed E-state index contributed by atoms with van der Waals surface area (Å²) in [5.41, 5.74) is 1.44. The topological polar surface area (TPSA) is 40.5 Å². The van der Waals surface area contributed by atoms with E-state index in [1.54, 1.807) is 6.07 Å². The third-order valence-corrected chi connectivity index (χ3v) is 3.27. The lowest BCUT2D eigenvalue weighted by atomic mass is 10.1. The van der Waals surface area contributed by atoms with Crippen LogP contribution >= 0.6 is 0 Å². The van der Waals surface area contributed by atoms with Gasteiger partial charge in [-0.05, 0) is 43.9 Å². The van der Waals surface area contributed by atoms with Crippen molar-refractivity contribution in [1.82, 2.24) is 4.90 Å².